The molecule has 10 heteroatoms. The molecular weight excluding hydrogens is 358 g/mol. The van der Waals surface area contributed by atoms with Crippen LogP contribution in [0.2, 0.25) is 0 Å². The lowest BCUT2D eigenvalue weighted by Gasteiger charge is -2.16. The number of nitrogens with two attached hydrogens (primary N) is 1. The van der Waals surface area contributed by atoms with Crippen molar-refractivity contribution in [2.45, 2.75) is 25.8 Å². The zero-order valence-electron chi connectivity index (χ0n) is 10.7. The molecule has 1 aromatic carbocycles. The van der Waals surface area contributed by atoms with Gasteiger partial charge in [0.1, 0.15) is 6.54 Å². The first-order valence-corrected chi connectivity index (χ1v) is 6.50. The number of anilines is 1. The zero-order valence-corrected chi connectivity index (χ0v) is 12.3. The van der Waals surface area contributed by atoms with Gasteiger partial charge in [-0.15, -0.1) is 5.10 Å². The molecule has 1 aromatic heterocycles. The van der Waals surface area contributed by atoms with Crippen LogP contribution < -0.4 is 5.73 Å². The Bertz CT molecular complexity index is 658. The highest BCUT2D eigenvalue weighted by molar-refractivity contribution is 9.10. The summed E-state index contributed by atoms with van der Waals surface area (Å²) < 4.78 is 52.1. The van der Waals surface area contributed by atoms with Crippen molar-refractivity contribution in [3.05, 3.63) is 22.2 Å². The first-order valence-electron chi connectivity index (χ1n) is 5.70. The van der Waals surface area contributed by atoms with E-state index in [2.05, 4.69) is 31.5 Å². The minimum Gasteiger partial charge on any atom is -0.398 e. The Labute approximate surface area is 125 Å². The number of aromatic nitrogens is 4. The highest BCUT2D eigenvalue weighted by Crippen LogP contribution is 2.31. The van der Waals surface area contributed by atoms with Crippen molar-refractivity contribution in [3.8, 4) is 11.4 Å². The molecule has 1 heterocycles. The van der Waals surface area contributed by atoms with Gasteiger partial charge in [-0.1, -0.05) is 15.9 Å². The van der Waals surface area contributed by atoms with E-state index in [1.54, 1.807) is 19.1 Å². The first kappa shape index (κ1) is 15.7. The summed E-state index contributed by atoms with van der Waals surface area (Å²) in [6.07, 6.45) is -3.80. The predicted octanol–water partition coefficient (Wildman–Crippen LogP) is 2.89. The van der Waals surface area contributed by atoms with Gasteiger partial charge in [0.25, 0.3) is 0 Å². The van der Waals surface area contributed by atoms with Crippen molar-refractivity contribution in [2.24, 2.45) is 0 Å². The number of tetrazole rings is 1. The van der Waals surface area contributed by atoms with Crippen molar-refractivity contribution in [1.29, 1.82) is 0 Å². The highest BCUT2D eigenvalue weighted by Gasteiger charge is 2.42. The zero-order chi connectivity index (χ0) is 15.8. The molecule has 0 saturated carbocycles. The number of halogens is 5. The maximum atomic E-state index is 13.2. The lowest BCUT2D eigenvalue weighted by atomic mass is 10.1. The average molecular weight is 368 g/mol. The molecule has 5 nitrogen and oxygen atoms in total. The Morgan fingerprint density at radius 2 is 2.05 bits per heavy atom. The Morgan fingerprint density at radius 3 is 2.67 bits per heavy atom. The van der Waals surface area contributed by atoms with E-state index in [4.69, 9.17) is 5.73 Å². The number of nitrogen functional groups attached to an aromatic ring is 1. The van der Waals surface area contributed by atoms with Gasteiger partial charge in [-0.3, -0.25) is 0 Å². The number of alkyl halides is 4. The molecule has 114 valence electrons. The largest absolute Gasteiger partial charge is 0.398 e. The van der Waals surface area contributed by atoms with E-state index in [-0.39, 0.29) is 5.82 Å². The van der Waals surface area contributed by atoms with Crippen molar-refractivity contribution >= 4 is 21.6 Å². The molecule has 0 bridgehead atoms. The van der Waals surface area contributed by atoms with Crippen molar-refractivity contribution in [2.75, 3.05) is 5.73 Å². The van der Waals surface area contributed by atoms with Gasteiger partial charge in [-0.2, -0.15) is 8.78 Å². The molecule has 0 unspecified atom stereocenters. The monoisotopic (exact) mass is 367 g/mol. The van der Waals surface area contributed by atoms with E-state index >= 15 is 0 Å². The number of rotatable bonds is 4. The second-order valence-corrected chi connectivity index (χ2v) is 5.31. The smallest absolute Gasteiger partial charge is 0.326 e. The van der Waals surface area contributed by atoms with Crippen LogP contribution in [0.3, 0.4) is 0 Å². The molecule has 0 aliphatic heterocycles. The molecular formula is C11H10BrF4N5. The van der Waals surface area contributed by atoms with Crippen LogP contribution >= 0.6 is 15.9 Å². The van der Waals surface area contributed by atoms with Gasteiger partial charge in [0, 0.05) is 15.7 Å². The fourth-order valence-electron chi connectivity index (χ4n) is 1.71. The molecule has 0 aliphatic rings. The van der Waals surface area contributed by atoms with Gasteiger partial charge in [0.2, 0.25) is 0 Å². The fourth-order valence-corrected chi connectivity index (χ4v) is 2.18. The summed E-state index contributed by atoms with van der Waals surface area (Å²) in [5, 5.41) is 10.2. The standard InChI is InChI=1S/C11H10BrF4N5/c1-5-7(2-6(12)3-8(5)17)9-18-19-20-21(9)4-11(15,16)10(13)14/h2-3,10H,4,17H2,1H3. The molecule has 21 heavy (non-hydrogen) atoms. The van der Waals surface area contributed by atoms with E-state index in [1.807, 2.05) is 0 Å². The van der Waals surface area contributed by atoms with Crippen LogP contribution in [0.5, 0.6) is 0 Å². The molecule has 0 fully saturated rings. The molecule has 0 atom stereocenters. The van der Waals surface area contributed by atoms with Crippen LogP contribution in [0.4, 0.5) is 23.2 Å². The summed E-state index contributed by atoms with van der Waals surface area (Å²) in [6.45, 7) is 0.334. The fraction of sp³-hybridized carbons (Fsp3) is 0.364. The number of hydrogen-bond acceptors (Lipinski definition) is 4. The van der Waals surface area contributed by atoms with Crippen molar-refractivity contribution < 1.29 is 17.6 Å². The van der Waals surface area contributed by atoms with Gasteiger partial charge in [-0.25, -0.2) is 13.5 Å². The van der Waals surface area contributed by atoms with Crippen LogP contribution in [-0.4, -0.2) is 32.6 Å². The summed E-state index contributed by atoms with van der Waals surface area (Å²) in [5.41, 5.74) is 7.13. The lowest BCUT2D eigenvalue weighted by molar-refractivity contribution is -0.139. The topological polar surface area (TPSA) is 69.6 Å². The van der Waals surface area contributed by atoms with E-state index in [0.717, 1.165) is 0 Å². The third-order valence-corrected chi connectivity index (χ3v) is 3.32. The number of nitrogens with zero attached hydrogens (tertiary/aromatic N) is 4. The Kier molecular flexibility index (Phi) is 4.17. The lowest BCUT2D eigenvalue weighted by Crippen LogP contribution is -2.33. The third-order valence-electron chi connectivity index (χ3n) is 2.87. The molecule has 0 spiro atoms. The van der Waals surface area contributed by atoms with Crippen LogP contribution in [0.15, 0.2) is 16.6 Å². The molecule has 0 saturated heterocycles. The van der Waals surface area contributed by atoms with E-state index in [1.165, 1.54) is 0 Å². The van der Waals surface area contributed by atoms with Crippen LogP contribution in [0, 0.1) is 6.92 Å². The third kappa shape index (κ3) is 3.14. The molecule has 2 N–H and O–H groups in total. The summed E-state index contributed by atoms with van der Waals surface area (Å²) in [5.74, 6) is -4.28. The Morgan fingerprint density at radius 1 is 1.38 bits per heavy atom. The minimum atomic E-state index is -4.23. The number of hydrogen-bond donors (Lipinski definition) is 1. The second-order valence-electron chi connectivity index (χ2n) is 4.39. The Hall–Kier alpha value is -1.71. The predicted molar refractivity (Wildman–Crippen MR) is 71.1 cm³/mol. The molecule has 2 rings (SSSR count). The van der Waals surface area contributed by atoms with Crippen LogP contribution in [0.1, 0.15) is 5.56 Å². The van der Waals surface area contributed by atoms with E-state index < -0.39 is 18.9 Å². The van der Waals surface area contributed by atoms with Gasteiger partial charge in [-0.05, 0) is 35.0 Å². The van der Waals surface area contributed by atoms with Crippen molar-refractivity contribution in [3.63, 3.8) is 0 Å². The second kappa shape index (κ2) is 5.58. The Balaban J connectivity index is 2.47. The maximum Gasteiger partial charge on any atom is 0.326 e. The van der Waals surface area contributed by atoms with Gasteiger partial charge >= 0.3 is 12.3 Å². The first-order chi connectivity index (χ1) is 9.72. The van der Waals surface area contributed by atoms with Crippen LogP contribution in [-0.2, 0) is 6.54 Å². The number of benzene rings is 1. The molecule has 0 aliphatic carbocycles. The minimum absolute atomic E-state index is 0.0548. The van der Waals surface area contributed by atoms with Gasteiger partial charge < -0.3 is 5.73 Å². The quantitative estimate of drug-likeness (QED) is 0.666. The van der Waals surface area contributed by atoms with Gasteiger partial charge in [0.15, 0.2) is 5.82 Å². The summed E-state index contributed by atoms with van der Waals surface area (Å²) in [6, 6.07) is 3.20. The van der Waals surface area contributed by atoms with E-state index in [9.17, 15) is 17.6 Å². The highest BCUT2D eigenvalue weighted by atomic mass is 79.9. The molecule has 0 amide bonds. The van der Waals surface area contributed by atoms with Crippen LogP contribution in [0.25, 0.3) is 11.4 Å². The van der Waals surface area contributed by atoms with Crippen molar-refractivity contribution in [1.82, 2.24) is 20.2 Å². The SMILES string of the molecule is Cc1c(N)cc(Br)cc1-c1nnnn1CC(F)(F)C(F)F. The van der Waals surface area contributed by atoms with E-state index in [0.29, 0.717) is 26.0 Å². The maximum absolute atomic E-state index is 13.2. The van der Waals surface area contributed by atoms with Gasteiger partial charge in [0.05, 0.1) is 0 Å². The summed E-state index contributed by atoms with van der Waals surface area (Å²) in [7, 11) is 0. The average Bonchev–Trinajstić information content (AvgIpc) is 2.80. The molecule has 2 aromatic rings. The normalized spacial score (nSPS) is 12.1. The summed E-state index contributed by atoms with van der Waals surface area (Å²) in [4.78, 5) is 0. The molecule has 0 radical (unpaired) electrons. The summed E-state index contributed by atoms with van der Waals surface area (Å²) >= 11 is 3.22.